The molecule has 1 fully saturated rings. The number of amides is 2. The largest absolute Gasteiger partial charge is 0.352 e. The normalized spacial score (nSPS) is 14.4. The number of benzene rings is 3. The van der Waals surface area contributed by atoms with E-state index in [9.17, 15) is 18.0 Å². The van der Waals surface area contributed by atoms with Gasteiger partial charge in [-0.3, -0.25) is 13.9 Å². The van der Waals surface area contributed by atoms with Crippen LogP contribution in [0.3, 0.4) is 0 Å². The Kier molecular flexibility index (Phi) is 10.6. The molecular formula is C32H37Cl2N3O4S. The van der Waals surface area contributed by atoms with E-state index in [2.05, 4.69) is 5.32 Å². The maximum absolute atomic E-state index is 14.3. The van der Waals surface area contributed by atoms with Crippen LogP contribution in [0.4, 0.5) is 5.69 Å². The molecule has 1 N–H and O–H groups in total. The lowest BCUT2D eigenvalue weighted by atomic mass is 10.1. The van der Waals surface area contributed by atoms with E-state index >= 15 is 0 Å². The second kappa shape index (κ2) is 13.9. The molecule has 3 aromatic carbocycles. The molecule has 1 unspecified atom stereocenters. The summed E-state index contributed by atoms with van der Waals surface area (Å²) >= 11 is 13.0. The molecule has 0 bridgehead atoms. The number of anilines is 1. The molecule has 0 saturated heterocycles. The Labute approximate surface area is 258 Å². The third kappa shape index (κ3) is 7.10. The number of sulfonamides is 1. The summed E-state index contributed by atoms with van der Waals surface area (Å²) in [5, 5.41) is 3.82. The second-order valence-electron chi connectivity index (χ2n) is 10.7. The lowest BCUT2D eigenvalue weighted by Gasteiger charge is -2.34. The van der Waals surface area contributed by atoms with Crippen LogP contribution in [0.15, 0.2) is 71.6 Å². The van der Waals surface area contributed by atoms with Gasteiger partial charge in [0.15, 0.2) is 0 Å². The fourth-order valence-electron chi connectivity index (χ4n) is 5.38. The highest BCUT2D eigenvalue weighted by Crippen LogP contribution is 2.31. The number of carbonyl (C=O) groups excluding carboxylic acids is 2. The summed E-state index contributed by atoms with van der Waals surface area (Å²) in [7, 11) is -4.15. The number of carbonyl (C=O) groups is 2. The summed E-state index contributed by atoms with van der Waals surface area (Å²) in [6.45, 7) is 4.97. The summed E-state index contributed by atoms with van der Waals surface area (Å²) in [6, 6.07) is 17.6. The highest BCUT2D eigenvalue weighted by Gasteiger charge is 2.35. The van der Waals surface area contributed by atoms with Crippen molar-refractivity contribution in [3.05, 3.63) is 93.5 Å². The van der Waals surface area contributed by atoms with Crippen molar-refractivity contribution in [1.82, 2.24) is 10.2 Å². The predicted octanol–water partition coefficient (Wildman–Crippen LogP) is 6.67. The van der Waals surface area contributed by atoms with Gasteiger partial charge in [0.25, 0.3) is 10.0 Å². The number of rotatable bonds is 11. The van der Waals surface area contributed by atoms with Gasteiger partial charge < -0.3 is 10.2 Å². The van der Waals surface area contributed by atoms with Crippen molar-refractivity contribution in [2.45, 2.75) is 76.4 Å². The zero-order chi connectivity index (χ0) is 30.4. The van der Waals surface area contributed by atoms with Gasteiger partial charge in [-0.1, -0.05) is 79.4 Å². The molecule has 1 atom stereocenters. The van der Waals surface area contributed by atoms with Gasteiger partial charge in [0, 0.05) is 28.2 Å². The zero-order valence-electron chi connectivity index (χ0n) is 24.1. The number of halogens is 2. The van der Waals surface area contributed by atoms with Gasteiger partial charge in [0.1, 0.15) is 12.6 Å². The quantitative estimate of drug-likeness (QED) is 0.256. The van der Waals surface area contributed by atoms with Gasteiger partial charge in [-0.15, -0.1) is 0 Å². The summed E-state index contributed by atoms with van der Waals surface area (Å²) in [6.07, 6.45) is 4.19. The van der Waals surface area contributed by atoms with Gasteiger partial charge in [-0.25, -0.2) is 8.42 Å². The van der Waals surface area contributed by atoms with Crippen LogP contribution in [0, 0.1) is 13.8 Å². The Balaban J connectivity index is 1.77. The first-order valence-electron chi connectivity index (χ1n) is 14.2. The minimum absolute atomic E-state index is 0.0531. The number of nitrogens with zero attached hydrogens (tertiary/aromatic N) is 2. The van der Waals surface area contributed by atoms with Gasteiger partial charge in [0.05, 0.1) is 10.6 Å². The minimum atomic E-state index is -4.15. The monoisotopic (exact) mass is 629 g/mol. The Bertz CT molecular complexity index is 1510. The van der Waals surface area contributed by atoms with Crippen molar-refractivity contribution >= 4 is 50.7 Å². The molecule has 10 heteroatoms. The summed E-state index contributed by atoms with van der Waals surface area (Å²) in [5.74, 6) is -0.815. The Hall–Kier alpha value is -3.07. The van der Waals surface area contributed by atoms with E-state index in [0.29, 0.717) is 27.7 Å². The van der Waals surface area contributed by atoms with E-state index in [0.717, 1.165) is 41.1 Å². The molecule has 2 amide bonds. The van der Waals surface area contributed by atoms with Crippen LogP contribution in [0.1, 0.15) is 55.7 Å². The molecule has 0 heterocycles. The first-order valence-corrected chi connectivity index (χ1v) is 16.4. The molecule has 0 radical (unpaired) electrons. The van der Waals surface area contributed by atoms with Gasteiger partial charge >= 0.3 is 0 Å². The minimum Gasteiger partial charge on any atom is -0.352 e. The fourth-order valence-corrected chi connectivity index (χ4v) is 7.39. The molecule has 224 valence electrons. The average Bonchev–Trinajstić information content (AvgIpc) is 3.48. The SMILES string of the molecule is CCC(C(=O)NC1CCCC1)N(Cc1c(Cl)cccc1Cl)C(=O)CN(c1cccc(C)c1C)S(=O)(=O)c1ccccc1. The molecule has 0 spiro atoms. The van der Waals surface area contributed by atoms with Crippen LogP contribution in [0.2, 0.25) is 10.0 Å². The van der Waals surface area contributed by atoms with Crippen molar-refractivity contribution in [3.8, 4) is 0 Å². The van der Waals surface area contributed by atoms with Crippen molar-refractivity contribution in [3.63, 3.8) is 0 Å². The van der Waals surface area contributed by atoms with E-state index in [-0.39, 0.29) is 23.4 Å². The lowest BCUT2D eigenvalue weighted by Crippen LogP contribution is -2.53. The van der Waals surface area contributed by atoms with Crippen molar-refractivity contribution in [2.24, 2.45) is 0 Å². The number of hydrogen-bond donors (Lipinski definition) is 1. The van der Waals surface area contributed by atoms with Crippen LogP contribution in [0.5, 0.6) is 0 Å². The zero-order valence-corrected chi connectivity index (χ0v) is 26.5. The van der Waals surface area contributed by atoms with Crippen LogP contribution < -0.4 is 9.62 Å². The van der Waals surface area contributed by atoms with Crippen molar-refractivity contribution in [2.75, 3.05) is 10.8 Å². The molecule has 0 aliphatic heterocycles. The average molecular weight is 631 g/mol. The topological polar surface area (TPSA) is 86.8 Å². The van der Waals surface area contributed by atoms with Crippen LogP contribution in [-0.4, -0.2) is 43.8 Å². The maximum atomic E-state index is 14.3. The van der Waals surface area contributed by atoms with E-state index in [1.54, 1.807) is 48.5 Å². The van der Waals surface area contributed by atoms with Crippen LogP contribution in [0.25, 0.3) is 0 Å². The highest BCUT2D eigenvalue weighted by molar-refractivity contribution is 7.92. The molecule has 0 aromatic heterocycles. The molecule has 1 saturated carbocycles. The third-order valence-corrected chi connectivity index (χ3v) is 10.4. The van der Waals surface area contributed by atoms with Gasteiger partial charge in [-0.2, -0.15) is 0 Å². The van der Waals surface area contributed by atoms with E-state index in [1.165, 1.54) is 17.0 Å². The first-order chi connectivity index (χ1) is 20.0. The molecule has 1 aliphatic carbocycles. The molecule has 1 aliphatic rings. The van der Waals surface area contributed by atoms with Crippen molar-refractivity contribution in [1.29, 1.82) is 0 Å². The van der Waals surface area contributed by atoms with Crippen LogP contribution in [-0.2, 0) is 26.2 Å². The van der Waals surface area contributed by atoms with Gasteiger partial charge in [0.2, 0.25) is 11.8 Å². The second-order valence-corrected chi connectivity index (χ2v) is 13.4. The lowest BCUT2D eigenvalue weighted by molar-refractivity contribution is -0.140. The van der Waals surface area contributed by atoms with E-state index in [1.807, 2.05) is 26.8 Å². The summed E-state index contributed by atoms with van der Waals surface area (Å²) in [4.78, 5) is 29.4. The smallest absolute Gasteiger partial charge is 0.264 e. The molecule has 42 heavy (non-hydrogen) atoms. The molecule has 3 aromatic rings. The van der Waals surface area contributed by atoms with E-state index in [4.69, 9.17) is 23.2 Å². The predicted molar refractivity (Wildman–Crippen MR) is 168 cm³/mol. The maximum Gasteiger partial charge on any atom is 0.264 e. The summed E-state index contributed by atoms with van der Waals surface area (Å²) in [5.41, 5.74) is 2.50. The highest BCUT2D eigenvalue weighted by atomic mass is 35.5. The number of hydrogen-bond acceptors (Lipinski definition) is 4. The Morgan fingerprint density at radius 1 is 0.929 bits per heavy atom. The standard InChI is InChI=1S/C32H37Cl2N3O4S/c1-4-29(32(39)35-24-13-8-9-14-24)36(20-26-27(33)17-11-18-28(26)34)31(38)21-37(30-19-10-12-22(2)23(30)3)42(40,41)25-15-6-5-7-16-25/h5-7,10-12,15-19,24,29H,4,8-9,13-14,20-21H2,1-3H3,(H,35,39). The third-order valence-electron chi connectivity index (χ3n) is 7.93. The Morgan fingerprint density at radius 2 is 1.55 bits per heavy atom. The first kappa shape index (κ1) is 31.9. The number of aryl methyl sites for hydroxylation is 1. The van der Waals surface area contributed by atoms with E-state index < -0.39 is 28.5 Å². The molecular weight excluding hydrogens is 593 g/mol. The Morgan fingerprint density at radius 3 is 2.17 bits per heavy atom. The van der Waals surface area contributed by atoms with Crippen LogP contribution >= 0.6 is 23.2 Å². The molecule has 7 nitrogen and oxygen atoms in total. The fraction of sp³-hybridized carbons (Fsp3) is 0.375. The number of nitrogens with one attached hydrogen (secondary N) is 1. The van der Waals surface area contributed by atoms with Gasteiger partial charge in [-0.05, 0) is 74.6 Å². The summed E-state index contributed by atoms with van der Waals surface area (Å²) < 4.78 is 29.3. The molecule has 4 rings (SSSR count). The van der Waals surface area contributed by atoms with Crippen molar-refractivity contribution < 1.29 is 18.0 Å².